The molecule has 132 valence electrons. The summed E-state index contributed by atoms with van der Waals surface area (Å²) in [5.41, 5.74) is 2.62. The van der Waals surface area contributed by atoms with Crippen molar-refractivity contribution in [2.24, 2.45) is 0 Å². The highest BCUT2D eigenvalue weighted by atomic mass is 16.6. The van der Waals surface area contributed by atoms with Gasteiger partial charge in [-0.1, -0.05) is 36.4 Å². The fourth-order valence-electron chi connectivity index (χ4n) is 2.67. The first-order chi connectivity index (χ1) is 11.9. The van der Waals surface area contributed by atoms with Crippen molar-refractivity contribution >= 4 is 17.3 Å². The molecule has 1 amide bonds. The van der Waals surface area contributed by atoms with Crippen LogP contribution in [0.4, 0.5) is 11.4 Å². The molecular weight excluding hydrogens is 318 g/mol. The molecule has 0 unspecified atom stereocenters. The van der Waals surface area contributed by atoms with E-state index in [1.165, 1.54) is 6.07 Å². The predicted molar refractivity (Wildman–Crippen MR) is 98.6 cm³/mol. The standard InChI is InChI=1S/C19H23N3O3/c1-14(2)21(17-10-6-4-8-15(17)3)13-19(23)20-12-16-9-5-7-11-18(16)22(24)25/h4-11,14H,12-13H2,1-3H3,(H,20,23). The minimum Gasteiger partial charge on any atom is -0.360 e. The highest BCUT2D eigenvalue weighted by Gasteiger charge is 2.17. The van der Waals surface area contributed by atoms with Crippen LogP contribution in [0.1, 0.15) is 25.0 Å². The van der Waals surface area contributed by atoms with Gasteiger partial charge in [-0.2, -0.15) is 0 Å². The van der Waals surface area contributed by atoms with Crippen LogP contribution in [0.25, 0.3) is 0 Å². The van der Waals surface area contributed by atoms with Crippen molar-refractivity contribution in [3.63, 3.8) is 0 Å². The van der Waals surface area contributed by atoms with Gasteiger partial charge < -0.3 is 10.2 Å². The SMILES string of the molecule is Cc1ccccc1N(CC(=O)NCc1ccccc1[N+](=O)[O-])C(C)C. The third-order valence-electron chi connectivity index (χ3n) is 4.03. The van der Waals surface area contributed by atoms with E-state index in [2.05, 4.69) is 5.32 Å². The van der Waals surface area contributed by atoms with E-state index in [4.69, 9.17) is 0 Å². The van der Waals surface area contributed by atoms with Gasteiger partial charge >= 0.3 is 0 Å². The number of carbonyl (C=O) groups is 1. The molecule has 2 aromatic rings. The van der Waals surface area contributed by atoms with Gasteiger partial charge in [-0.3, -0.25) is 14.9 Å². The lowest BCUT2D eigenvalue weighted by atomic mass is 10.1. The van der Waals surface area contributed by atoms with Gasteiger partial charge in [-0.25, -0.2) is 0 Å². The molecule has 0 fully saturated rings. The molecule has 2 rings (SSSR count). The Morgan fingerprint density at radius 1 is 1.16 bits per heavy atom. The number of nitro groups is 1. The molecule has 0 saturated heterocycles. The number of nitro benzene ring substituents is 1. The van der Waals surface area contributed by atoms with Crippen molar-refractivity contribution in [2.45, 2.75) is 33.4 Å². The zero-order chi connectivity index (χ0) is 18.4. The van der Waals surface area contributed by atoms with Gasteiger partial charge in [0.15, 0.2) is 0 Å². The molecule has 0 radical (unpaired) electrons. The monoisotopic (exact) mass is 341 g/mol. The summed E-state index contributed by atoms with van der Waals surface area (Å²) in [5.74, 6) is -0.171. The molecule has 0 atom stereocenters. The summed E-state index contributed by atoms with van der Waals surface area (Å²) in [4.78, 5) is 25.0. The van der Waals surface area contributed by atoms with Gasteiger partial charge in [0.1, 0.15) is 0 Å². The first kappa shape index (κ1) is 18.4. The molecule has 0 aromatic heterocycles. The number of para-hydroxylation sites is 2. The Hall–Kier alpha value is -2.89. The van der Waals surface area contributed by atoms with Crippen molar-refractivity contribution in [3.8, 4) is 0 Å². The molecule has 1 N–H and O–H groups in total. The predicted octanol–water partition coefficient (Wildman–Crippen LogP) is 3.43. The molecule has 0 heterocycles. The summed E-state index contributed by atoms with van der Waals surface area (Å²) in [7, 11) is 0. The smallest absolute Gasteiger partial charge is 0.274 e. The van der Waals surface area contributed by atoms with Crippen LogP contribution in [0.2, 0.25) is 0 Å². The van der Waals surface area contributed by atoms with E-state index in [1.54, 1.807) is 18.2 Å². The Bertz CT molecular complexity index is 759. The number of amides is 1. The van der Waals surface area contributed by atoms with Crippen molar-refractivity contribution in [3.05, 3.63) is 69.8 Å². The quantitative estimate of drug-likeness (QED) is 0.618. The van der Waals surface area contributed by atoms with Crippen LogP contribution in [-0.2, 0) is 11.3 Å². The van der Waals surface area contributed by atoms with E-state index in [-0.39, 0.29) is 30.7 Å². The third kappa shape index (κ3) is 4.79. The maximum atomic E-state index is 12.4. The Labute approximate surface area is 147 Å². The van der Waals surface area contributed by atoms with Crippen molar-refractivity contribution in [1.82, 2.24) is 5.32 Å². The van der Waals surface area contributed by atoms with Crippen LogP contribution in [0, 0.1) is 17.0 Å². The van der Waals surface area contributed by atoms with Gasteiger partial charge in [-0.05, 0) is 32.4 Å². The molecule has 6 heteroatoms. The number of carbonyl (C=O) groups excluding carboxylic acids is 1. The van der Waals surface area contributed by atoms with E-state index in [9.17, 15) is 14.9 Å². The summed E-state index contributed by atoms with van der Waals surface area (Å²) in [6.07, 6.45) is 0. The van der Waals surface area contributed by atoms with E-state index in [0.717, 1.165) is 11.3 Å². The average Bonchev–Trinajstić information content (AvgIpc) is 2.58. The number of nitrogens with one attached hydrogen (secondary N) is 1. The first-order valence-electron chi connectivity index (χ1n) is 8.21. The van der Waals surface area contributed by atoms with Gasteiger partial charge in [0, 0.05) is 29.9 Å². The Balaban J connectivity index is 2.06. The third-order valence-corrected chi connectivity index (χ3v) is 4.03. The number of aryl methyl sites for hydroxylation is 1. The van der Waals surface area contributed by atoms with Crippen LogP contribution in [0.5, 0.6) is 0 Å². The van der Waals surface area contributed by atoms with E-state index >= 15 is 0 Å². The van der Waals surface area contributed by atoms with Crippen LogP contribution >= 0.6 is 0 Å². The molecule has 6 nitrogen and oxygen atoms in total. The van der Waals surface area contributed by atoms with Crippen LogP contribution < -0.4 is 10.2 Å². The largest absolute Gasteiger partial charge is 0.360 e. The van der Waals surface area contributed by atoms with E-state index in [0.29, 0.717) is 5.56 Å². The highest BCUT2D eigenvalue weighted by Crippen LogP contribution is 2.21. The molecule has 0 aliphatic rings. The van der Waals surface area contributed by atoms with E-state index < -0.39 is 4.92 Å². The second kappa shape index (κ2) is 8.28. The lowest BCUT2D eigenvalue weighted by Crippen LogP contribution is -2.41. The fraction of sp³-hybridized carbons (Fsp3) is 0.316. The summed E-state index contributed by atoms with van der Waals surface area (Å²) in [6.45, 7) is 6.40. The minimum absolute atomic E-state index is 0.0161. The lowest BCUT2D eigenvalue weighted by molar-refractivity contribution is -0.385. The van der Waals surface area contributed by atoms with Crippen molar-refractivity contribution in [2.75, 3.05) is 11.4 Å². The number of benzene rings is 2. The number of anilines is 1. The van der Waals surface area contributed by atoms with E-state index in [1.807, 2.05) is 49.9 Å². The summed E-state index contributed by atoms with van der Waals surface area (Å²) in [5, 5.41) is 13.8. The van der Waals surface area contributed by atoms with Gasteiger partial charge in [0.05, 0.1) is 11.5 Å². The van der Waals surface area contributed by atoms with Crippen molar-refractivity contribution < 1.29 is 9.72 Å². The summed E-state index contributed by atoms with van der Waals surface area (Å²) >= 11 is 0. The Kier molecular flexibility index (Phi) is 6.11. The number of nitrogens with zero attached hydrogens (tertiary/aromatic N) is 2. The van der Waals surface area contributed by atoms with Crippen LogP contribution in [0.15, 0.2) is 48.5 Å². The first-order valence-corrected chi connectivity index (χ1v) is 8.21. The summed E-state index contributed by atoms with van der Waals surface area (Å²) < 4.78 is 0. The maximum Gasteiger partial charge on any atom is 0.274 e. The highest BCUT2D eigenvalue weighted by molar-refractivity contribution is 5.82. The molecule has 0 aliphatic carbocycles. The minimum atomic E-state index is -0.435. The zero-order valence-electron chi connectivity index (χ0n) is 14.7. The topological polar surface area (TPSA) is 75.5 Å². The van der Waals surface area contributed by atoms with Crippen LogP contribution in [-0.4, -0.2) is 23.4 Å². The maximum absolute atomic E-state index is 12.4. The zero-order valence-corrected chi connectivity index (χ0v) is 14.7. The molecule has 0 aliphatic heterocycles. The number of hydrogen-bond donors (Lipinski definition) is 1. The van der Waals surface area contributed by atoms with Gasteiger partial charge in [0.25, 0.3) is 5.69 Å². The van der Waals surface area contributed by atoms with Crippen LogP contribution in [0.3, 0.4) is 0 Å². The molecule has 0 spiro atoms. The normalized spacial score (nSPS) is 10.6. The second-order valence-electron chi connectivity index (χ2n) is 6.17. The average molecular weight is 341 g/mol. The Morgan fingerprint density at radius 2 is 1.80 bits per heavy atom. The number of rotatable bonds is 7. The lowest BCUT2D eigenvalue weighted by Gasteiger charge is -2.29. The molecule has 0 saturated carbocycles. The second-order valence-corrected chi connectivity index (χ2v) is 6.17. The van der Waals surface area contributed by atoms with Gasteiger partial charge in [0.2, 0.25) is 5.91 Å². The molecular formula is C19H23N3O3. The molecule has 2 aromatic carbocycles. The van der Waals surface area contributed by atoms with Crippen molar-refractivity contribution in [1.29, 1.82) is 0 Å². The summed E-state index contributed by atoms with van der Waals surface area (Å²) in [6, 6.07) is 14.5. The number of hydrogen-bond acceptors (Lipinski definition) is 4. The Morgan fingerprint density at radius 3 is 2.44 bits per heavy atom. The molecule has 0 bridgehead atoms. The van der Waals surface area contributed by atoms with Gasteiger partial charge in [-0.15, -0.1) is 0 Å². The fourth-order valence-corrected chi connectivity index (χ4v) is 2.67. The molecule has 25 heavy (non-hydrogen) atoms.